The van der Waals surface area contributed by atoms with Crippen LogP contribution in [0.25, 0.3) is 0 Å². The van der Waals surface area contributed by atoms with Crippen LogP contribution < -0.4 is 19.5 Å². The Morgan fingerprint density at radius 3 is 2.42 bits per heavy atom. The third-order valence-electron chi connectivity index (χ3n) is 3.19. The van der Waals surface area contributed by atoms with Crippen LogP contribution in [0.2, 0.25) is 10.0 Å². The van der Waals surface area contributed by atoms with E-state index in [1.807, 2.05) is 6.92 Å². The molecule has 128 valence electrons. The first-order chi connectivity index (χ1) is 11.5. The van der Waals surface area contributed by atoms with Crippen molar-refractivity contribution >= 4 is 34.8 Å². The van der Waals surface area contributed by atoms with Gasteiger partial charge in [0.15, 0.2) is 11.5 Å². The molecule has 0 fully saturated rings. The molecule has 5 nitrogen and oxygen atoms in total. The van der Waals surface area contributed by atoms with Gasteiger partial charge in [-0.25, -0.2) is 0 Å². The van der Waals surface area contributed by atoms with Crippen LogP contribution in [-0.4, -0.2) is 26.7 Å². The van der Waals surface area contributed by atoms with Crippen LogP contribution in [0.15, 0.2) is 30.3 Å². The van der Waals surface area contributed by atoms with E-state index in [1.54, 1.807) is 24.3 Å². The lowest BCUT2D eigenvalue weighted by Gasteiger charge is -2.14. The highest BCUT2D eigenvalue weighted by molar-refractivity contribution is 6.33. The Kier molecular flexibility index (Phi) is 6.17. The molecule has 0 saturated heterocycles. The number of halogens is 2. The topological polar surface area (TPSA) is 56.8 Å². The molecule has 0 saturated carbocycles. The number of methoxy groups -OCH3 is 2. The zero-order valence-corrected chi connectivity index (χ0v) is 15.0. The summed E-state index contributed by atoms with van der Waals surface area (Å²) in [6.45, 7) is 2.27. The van der Waals surface area contributed by atoms with Gasteiger partial charge < -0.3 is 19.5 Å². The van der Waals surface area contributed by atoms with Crippen LogP contribution in [0.1, 0.15) is 17.3 Å². The summed E-state index contributed by atoms with van der Waals surface area (Å²) in [6, 6.07) is 8.02. The standard InChI is InChI=1S/C17H17Cl2NO4/c1-4-24-16-12(19)7-10(8-15(16)23-3)17(21)20-13-9-11(18)5-6-14(13)22-2/h5-9H,4H2,1-3H3,(H,20,21). The van der Waals surface area contributed by atoms with Gasteiger partial charge in [-0.05, 0) is 37.3 Å². The van der Waals surface area contributed by atoms with E-state index in [0.29, 0.717) is 45.2 Å². The highest BCUT2D eigenvalue weighted by atomic mass is 35.5. The average molecular weight is 370 g/mol. The molecule has 24 heavy (non-hydrogen) atoms. The SMILES string of the molecule is CCOc1c(Cl)cc(C(=O)Nc2cc(Cl)ccc2OC)cc1OC. The molecule has 0 aliphatic rings. The monoisotopic (exact) mass is 369 g/mol. The number of ether oxygens (including phenoxy) is 3. The predicted molar refractivity (Wildman–Crippen MR) is 95.1 cm³/mol. The largest absolute Gasteiger partial charge is 0.495 e. The Labute approximate surface area is 150 Å². The van der Waals surface area contributed by atoms with Crippen molar-refractivity contribution in [2.75, 3.05) is 26.1 Å². The van der Waals surface area contributed by atoms with Crippen molar-refractivity contribution < 1.29 is 19.0 Å². The highest BCUT2D eigenvalue weighted by Gasteiger charge is 2.17. The third-order valence-corrected chi connectivity index (χ3v) is 3.71. The third kappa shape index (κ3) is 4.04. The van der Waals surface area contributed by atoms with Crippen molar-refractivity contribution in [2.45, 2.75) is 6.92 Å². The maximum absolute atomic E-state index is 12.5. The zero-order chi connectivity index (χ0) is 17.7. The van der Waals surface area contributed by atoms with Gasteiger partial charge in [0.05, 0.1) is 31.5 Å². The molecular formula is C17H17Cl2NO4. The van der Waals surface area contributed by atoms with Crippen LogP contribution in [0.3, 0.4) is 0 Å². The number of hydrogen-bond acceptors (Lipinski definition) is 4. The second-order valence-electron chi connectivity index (χ2n) is 4.72. The molecule has 0 aromatic heterocycles. The van der Waals surface area contributed by atoms with E-state index in [0.717, 1.165) is 0 Å². The molecule has 0 aliphatic heterocycles. The van der Waals surface area contributed by atoms with E-state index >= 15 is 0 Å². The molecule has 2 aromatic rings. The van der Waals surface area contributed by atoms with E-state index in [9.17, 15) is 4.79 Å². The molecular weight excluding hydrogens is 353 g/mol. The first-order valence-electron chi connectivity index (χ1n) is 7.15. The maximum atomic E-state index is 12.5. The fourth-order valence-corrected chi connectivity index (χ4v) is 2.55. The predicted octanol–water partition coefficient (Wildman–Crippen LogP) is 4.66. The van der Waals surface area contributed by atoms with Gasteiger partial charge in [-0.3, -0.25) is 4.79 Å². The van der Waals surface area contributed by atoms with E-state index in [1.165, 1.54) is 20.3 Å². The van der Waals surface area contributed by atoms with E-state index in [-0.39, 0.29) is 5.91 Å². The van der Waals surface area contributed by atoms with Gasteiger partial charge in [0.1, 0.15) is 5.75 Å². The smallest absolute Gasteiger partial charge is 0.255 e. The van der Waals surface area contributed by atoms with Crippen LogP contribution in [0.4, 0.5) is 5.69 Å². The van der Waals surface area contributed by atoms with Crippen molar-refractivity contribution in [3.63, 3.8) is 0 Å². The van der Waals surface area contributed by atoms with E-state index in [4.69, 9.17) is 37.4 Å². The summed E-state index contributed by atoms with van der Waals surface area (Å²) in [7, 11) is 2.99. The number of hydrogen-bond donors (Lipinski definition) is 1. The summed E-state index contributed by atoms with van der Waals surface area (Å²) in [4.78, 5) is 12.5. The second kappa shape index (κ2) is 8.13. The van der Waals surface area contributed by atoms with Gasteiger partial charge in [-0.2, -0.15) is 0 Å². The van der Waals surface area contributed by atoms with E-state index < -0.39 is 0 Å². The Balaban J connectivity index is 2.34. The van der Waals surface area contributed by atoms with E-state index in [2.05, 4.69) is 5.32 Å². The Hall–Kier alpha value is -2.11. The van der Waals surface area contributed by atoms with Crippen LogP contribution in [-0.2, 0) is 0 Å². The second-order valence-corrected chi connectivity index (χ2v) is 5.56. The van der Waals surface area contributed by atoms with Crippen molar-refractivity contribution in [1.29, 1.82) is 0 Å². The molecule has 0 bridgehead atoms. The lowest BCUT2D eigenvalue weighted by atomic mass is 10.1. The summed E-state index contributed by atoms with van der Waals surface area (Å²) in [6.07, 6.45) is 0. The maximum Gasteiger partial charge on any atom is 0.255 e. The minimum Gasteiger partial charge on any atom is -0.495 e. The average Bonchev–Trinajstić information content (AvgIpc) is 2.56. The van der Waals surface area contributed by atoms with Crippen LogP contribution >= 0.6 is 23.2 Å². The molecule has 0 aliphatic carbocycles. The Bertz CT molecular complexity index is 750. The van der Waals surface area contributed by atoms with Gasteiger partial charge in [0, 0.05) is 10.6 Å². The number of carbonyl (C=O) groups excluding carboxylic acids is 1. The summed E-state index contributed by atoms with van der Waals surface area (Å²) in [5, 5.41) is 3.52. The van der Waals surface area contributed by atoms with Gasteiger partial charge in [-0.15, -0.1) is 0 Å². The number of anilines is 1. The van der Waals surface area contributed by atoms with Gasteiger partial charge in [-0.1, -0.05) is 23.2 Å². The molecule has 1 N–H and O–H groups in total. The quantitative estimate of drug-likeness (QED) is 0.804. The van der Waals surface area contributed by atoms with Gasteiger partial charge in [0.2, 0.25) is 0 Å². The minimum absolute atomic E-state index is 0.291. The van der Waals surface area contributed by atoms with Crippen molar-refractivity contribution in [1.82, 2.24) is 0 Å². The fourth-order valence-electron chi connectivity index (χ4n) is 2.11. The molecule has 7 heteroatoms. The first-order valence-corrected chi connectivity index (χ1v) is 7.91. The summed E-state index contributed by atoms with van der Waals surface area (Å²) >= 11 is 12.2. The molecule has 1 amide bonds. The number of benzene rings is 2. The molecule has 0 radical (unpaired) electrons. The zero-order valence-electron chi connectivity index (χ0n) is 13.5. The Morgan fingerprint density at radius 2 is 1.79 bits per heavy atom. The molecule has 2 rings (SSSR count). The number of carbonyl (C=O) groups is 1. The molecule has 0 spiro atoms. The summed E-state index contributed by atoms with van der Waals surface area (Å²) in [5.41, 5.74) is 0.779. The molecule has 0 heterocycles. The fraction of sp³-hybridized carbons (Fsp3) is 0.235. The molecule has 0 atom stereocenters. The van der Waals surface area contributed by atoms with Gasteiger partial charge >= 0.3 is 0 Å². The highest BCUT2D eigenvalue weighted by Crippen LogP contribution is 2.37. The van der Waals surface area contributed by atoms with Gasteiger partial charge in [0.25, 0.3) is 5.91 Å². The molecule has 2 aromatic carbocycles. The normalized spacial score (nSPS) is 10.2. The first kappa shape index (κ1) is 18.2. The van der Waals surface area contributed by atoms with Crippen LogP contribution in [0, 0.1) is 0 Å². The minimum atomic E-state index is -0.376. The molecule has 0 unspecified atom stereocenters. The van der Waals surface area contributed by atoms with Crippen molar-refractivity contribution in [2.24, 2.45) is 0 Å². The summed E-state index contributed by atoms with van der Waals surface area (Å²) < 4.78 is 15.9. The van der Waals surface area contributed by atoms with Crippen molar-refractivity contribution in [3.05, 3.63) is 45.9 Å². The number of nitrogens with one attached hydrogen (secondary N) is 1. The van der Waals surface area contributed by atoms with Crippen LogP contribution in [0.5, 0.6) is 17.2 Å². The number of rotatable bonds is 6. The lowest BCUT2D eigenvalue weighted by Crippen LogP contribution is -2.13. The summed E-state index contributed by atoms with van der Waals surface area (Å²) in [5.74, 6) is 0.904. The van der Waals surface area contributed by atoms with Crippen molar-refractivity contribution in [3.8, 4) is 17.2 Å². The Morgan fingerprint density at radius 1 is 1.08 bits per heavy atom. The lowest BCUT2D eigenvalue weighted by molar-refractivity contribution is 0.102. The number of amides is 1.